The lowest BCUT2D eigenvalue weighted by Gasteiger charge is -2.08. The number of hydrogen-bond acceptors (Lipinski definition) is 2. The molecule has 0 saturated carbocycles. The van der Waals surface area contributed by atoms with E-state index in [2.05, 4.69) is 31.2 Å². The second-order valence-electron chi connectivity index (χ2n) is 4.40. The molecule has 0 aromatic heterocycles. The van der Waals surface area contributed by atoms with Crippen molar-refractivity contribution in [3.63, 3.8) is 0 Å². The number of nitrogen functional groups attached to an aromatic ring is 1. The van der Waals surface area contributed by atoms with Crippen molar-refractivity contribution >= 4 is 5.84 Å². The van der Waals surface area contributed by atoms with E-state index in [-0.39, 0.29) is 5.84 Å². The fourth-order valence-electron chi connectivity index (χ4n) is 1.79. The summed E-state index contributed by atoms with van der Waals surface area (Å²) in [4.78, 5) is 0. The largest absolute Gasteiger partial charge is 0.489 e. The van der Waals surface area contributed by atoms with Crippen molar-refractivity contribution in [2.45, 2.75) is 20.0 Å². The van der Waals surface area contributed by atoms with E-state index in [4.69, 9.17) is 15.9 Å². The number of rotatable bonds is 5. The Morgan fingerprint density at radius 1 is 1.11 bits per heavy atom. The van der Waals surface area contributed by atoms with E-state index in [0.717, 1.165) is 17.7 Å². The summed E-state index contributed by atoms with van der Waals surface area (Å²) >= 11 is 0. The van der Waals surface area contributed by atoms with Gasteiger partial charge >= 0.3 is 0 Å². The topological polar surface area (TPSA) is 59.1 Å². The molecule has 2 aromatic rings. The van der Waals surface area contributed by atoms with E-state index in [1.807, 2.05) is 12.1 Å². The number of ether oxygens (including phenoxy) is 1. The molecule has 0 bridgehead atoms. The van der Waals surface area contributed by atoms with Crippen LogP contribution >= 0.6 is 0 Å². The second-order valence-corrected chi connectivity index (χ2v) is 4.40. The molecule has 0 aliphatic carbocycles. The van der Waals surface area contributed by atoms with Crippen molar-refractivity contribution in [1.29, 1.82) is 5.41 Å². The van der Waals surface area contributed by atoms with Gasteiger partial charge in [-0.05, 0) is 29.7 Å². The maximum absolute atomic E-state index is 7.40. The molecule has 3 heteroatoms. The van der Waals surface area contributed by atoms with Gasteiger partial charge in [-0.1, -0.05) is 43.3 Å². The second kappa shape index (κ2) is 6.05. The Kier molecular flexibility index (Phi) is 4.18. The molecule has 3 nitrogen and oxygen atoms in total. The van der Waals surface area contributed by atoms with Crippen LogP contribution in [0.2, 0.25) is 0 Å². The van der Waals surface area contributed by atoms with E-state index in [1.54, 1.807) is 12.1 Å². The molecule has 0 radical (unpaired) electrons. The quantitative estimate of drug-likeness (QED) is 0.636. The fraction of sp³-hybridized carbons (Fsp3) is 0.188. The number of aryl methyl sites for hydroxylation is 1. The molecule has 3 N–H and O–H groups in total. The Morgan fingerprint density at radius 3 is 2.42 bits per heavy atom. The average molecular weight is 254 g/mol. The lowest BCUT2D eigenvalue weighted by atomic mass is 10.1. The highest BCUT2D eigenvalue weighted by molar-refractivity contribution is 5.95. The normalized spacial score (nSPS) is 10.2. The van der Waals surface area contributed by atoms with E-state index in [0.29, 0.717) is 12.2 Å². The van der Waals surface area contributed by atoms with E-state index in [9.17, 15) is 0 Å². The first-order valence-electron chi connectivity index (χ1n) is 6.34. The maximum atomic E-state index is 7.40. The Balaban J connectivity index is 2.01. The van der Waals surface area contributed by atoms with Crippen LogP contribution in [0.4, 0.5) is 0 Å². The van der Waals surface area contributed by atoms with Crippen molar-refractivity contribution in [1.82, 2.24) is 0 Å². The molecule has 0 saturated heterocycles. The van der Waals surface area contributed by atoms with Gasteiger partial charge in [-0.2, -0.15) is 0 Å². The molecule has 2 aromatic carbocycles. The van der Waals surface area contributed by atoms with Gasteiger partial charge in [0.25, 0.3) is 0 Å². The molecule has 2 rings (SSSR count). The van der Waals surface area contributed by atoms with Crippen LogP contribution in [-0.2, 0) is 13.0 Å². The molecule has 0 aliphatic rings. The number of nitrogens with one attached hydrogen (secondary N) is 1. The van der Waals surface area contributed by atoms with Gasteiger partial charge in [0.2, 0.25) is 0 Å². The van der Waals surface area contributed by atoms with Crippen LogP contribution in [0.3, 0.4) is 0 Å². The standard InChI is InChI=1S/C16H18N2O/c1-2-12-6-8-13(9-7-12)11-19-15-5-3-4-14(10-15)16(17)18/h3-10H,2,11H2,1H3,(H3,17,18). The minimum absolute atomic E-state index is 0.0535. The van der Waals surface area contributed by atoms with E-state index in [1.165, 1.54) is 5.56 Å². The lowest BCUT2D eigenvalue weighted by molar-refractivity contribution is 0.306. The summed E-state index contributed by atoms with van der Waals surface area (Å²) in [5.74, 6) is 0.782. The number of hydrogen-bond donors (Lipinski definition) is 2. The Bertz CT molecular complexity index is 561. The molecule has 0 aliphatic heterocycles. The molecule has 0 fully saturated rings. The third kappa shape index (κ3) is 3.58. The molecule has 98 valence electrons. The summed E-state index contributed by atoms with van der Waals surface area (Å²) in [6.45, 7) is 2.66. The van der Waals surface area contributed by atoms with Crippen molar-refractivity contribution in [2.24, 2.45) is 5.73 Å². The number of benzene rings is 2. The first kappa shape index (κ1) is 13.1. The molecule has 0 unspecified atom stereocenters. The molecule has 0 heterocycles. The number of nitrogens with two attached hydrogens (primary N) is 1. The predicted molar refractivity (Wildman–Crippen MR) is 77.6 cm³/mol. The number of amidine groups is 1. The van der Waals surface area contributed by atoms with Gasteiger partial charge in [0.1, 0.15) is 18.2 Å². The monoisotopic (exact) mass is 254 g/mol. The van der Waals surface area contributed by atoms with Gasteiger partial charge in [0, 0.05) is 5.56 Å². The average Bonchev–Trinajstić information content (AvgIpc) is 2.46. The summed E-state index contributed by atoms with van der Waals surface area (Å²) in [6.07, 6.45) is 1.04. The van der Waals surface area contributed by atoms with Crippen LogP contribution in [0.5, 0.6) is 5.75 Å². The Morgan fingerprint density at radius 2 is 1.79 bits per heavy atom. The van der Waals surface area contributed by atoms with Crippen LogP contribution < -0.4 is 10.5 Å². The first-order valence-corrected chi connectivity index (χ1v) is 6.34. The van der Waals surface area contributed by atoms with Gasteiger partial charge in [-0.3, -0.25) is 5.41 Å². The smallest absolute Gasteiger partial charge is 0.122 e. The SMILES string of the molecule is CCc1ccc(COc2cccc(C(=N)N)c2)cc1. The molecule has 0 atom stereocenters. The molecule has 0 spiro atoms. The lowest BCUT2D eigenvalue weighted by Crippen LogP contribution is -2.10. The van der Waals surface area contributed by atoms with Gasteiger partial charge in [0.05, 0.1) is 0 Å². The molecular weight excluding hydrogens is 236 g/mol. The molecular formula is C16H18N2O. The van der Waals surface area contributed by atoms with Crippen molar-refractivity contribution in [2.75, 3.05) is 0 Å². The van der Waals surface area contributed by atoms with Crippen molar-refractivity contribution in [3.8, 4) is 5.75 Å². The fourth-order valence-corrected chi connectivity index (χ4v) is 1.79. The third-order valence-electron chi connectivity index (χ3n) is 2.98. The maximum Gasteiger partial charge on any atom is 0.122 e. The molecule has 0 amide bonds. The van der Waals surface area contributed by atoms with Gasteiger partial charge in [-0.15, -0.1) is 0 Å². The van der Waals surface area contributed by atoms with Crippen LogP contribution in [0.1, 0.15) is 23.6 Å². The zero-order valence-corrected chi connectivity index (χ0v) is 11.0. The minimum atomic E-state index is 0.0535. The van der Waals surface area contributed by atoms with Gasteiger partial charge in [-0.25, -0.2) is 0 Å². The summed E-state index contributed by atoms with van der Waals surface area (Å²) < 4.78 is 5.70. The van der Waals surface area contributed by atoms with Gasteiger partial charge in [0.15, 0.2) is 0 Å². The Hall–Kier alpha value is -2.29. The third-order valence-corrected chi connectivity index (χ3v) is 2.98. The van der Waals surface area contributed by atoms with Crippen molar-refractivity contribution < 1.29 is 4.74 Å². The minimum Gasteiger partial charge on any atom is -0.489 e. The zero-order valence-electron chi connectivity index (χ0n) is 11.0. The highest BCUT2D eigenvalue weighted by atomic mass is 16.5. The summed E-state index contributed by atoms with van der Waals surface area (Å²) in [7, 11) is 0. The summed E-state index contributed by atoms with van der Waals surface area (Å²) in [5, 5.41) is 7.40. The Labute approximate surface area is 113 Å². The van der Waals surface area contributed by atoms with E-state index < -0.39 is 0 Å². The zero-order chi connectivity index (χ0) is 13.7. The van der Waals surface area contributed by atoms with Crippen molar-refractivity contribution in [3.05, 3.63) is 65.2 Å². The van der Waals surface area contributed by atoms with Crippen LogP contribution in [0, 0.1) is 5.41 Å². The predicted octanol–water partition coefficient (Wildman–Crippen LogP) is 3.11. The van der Waals surface area contributed by atoms with Crippen LogP contribution in [-0.4, -0.2) is 5.84 Å². The van der Waals surface area contributed by atoms with Crippen LogP contribution in [0.15, 0.2) is 48.5 Å². The summed E-state index contributed by atoms with van der Waals surface area (Å²) in [5.41, 5.74) is 8.58. The first-order chi connectivity index (χ1) is 9.19. The highest BCUT2D eigenvalue weighted by Gasteiger charge is 2.00. The highest BCUT2D eigenvalue weighted by Crippen LogP contribution is 2.15. The van der Waals surface area contributed by atoms with E-state index >= 15 is 0 Å². The van der Waals surface area contributed by atoms with Gasteiger partial charge < -0.3 is 10.5 Å². The molecule has 19 heavy (non-hydrogen) atoms. The van der Waals surface area contributed by atoms with Crippen LogP contribution in [0.25, 0.3) is 0 Å². The summed E-state index contributed by atoms with van der Waals surface area (Å²) in [6, 6.07) is 15.7.